The van der Waals surface area contributed by atoms with E-state index in [1.54, 1.807) is 12.1 Å². The van der Waals surface area contributed by atoms with Crippen LogP contribution >= 0.6 is 15.9 Å². The monoisotopic (exact) mass is 375 g/mol. The van der Waals surface area contributed by atoms with Crippen molar-refractivity contribution in [2.45, 2.75) is 19.0 Å². The Balaban J connectivity index is 1.78. The standard InChI is InChI=1S/C17H18BrN3O2/c18-15-11-14(21(22)23)10-13-7-9-20(17(19)16(13)15)8-6-12-4-2-1-3-5-12/h1-5,10-11,17H,6-9,19H2. The number of halogens is 1. The minimum Gasteiger partial charge on any atom is -0.312 e. The zero-order valence-electron chi connectivity index (χ0n) is 12.6. The van der Waals surface area contributed by atoms with E-state index in [9.17, 15) is 10.1 Å². The first-order valence-corrected chi connectivity index (χ1v) is 8.36. The average molecular weight is 376 g/mol. The van der Waals surface area contributed by atoms with Crippen molar-refractivity contribution in [2.75, 3.05) is 13.1 Å². The van der Waals surface area contributed by atoms with Gasteiger partial charge in [0.2, 0.25) is 0 Å². The van der Waals surface area contributed by atoms with Gasteiger partial charge in [-0.1, -0.05) is 46.3 Å². The van der Waals surface area contributed by atoms with Gasteiger partial charge in [0.05, 0.1) is 11.1 Å². The molecule has 1 aliphatic rings. The van der Waals surface area contributed by atoms with Gasteiger partial charge in [0, 0.05) is 35.3 Å². The number of nitrogens with two attached hydrogens (primary N) is 1. The molecule has 23 heavy (non-hydrogen) atoms. The molecule has 3 rings (SSSR count). The Morgan fingerprint density at radius 2 is 2.04 bits per heavy atom. The number of rotatable bonds is 4. The highest BCUT2D eigenvalue weighted by atomic mass is 79.9. The molecule has 2 aromatic rings. The largest absolute Gasteiger partial charge is 0.312 e. The number of nitro benzene ring substituents is 1. The van der Waals surface area contributed by atoms with E-state index in [4.69, 9.17) is 5.73 Å². The highest BCUT2D eigenvalue weighted by Gasteiger charge is 2.28. The quantitative estimate of drug-likeness (QED) is 0.656. The molecule has 1 aliphatic heterocycles. The van der Waals surface area contributed by atoms with Gasteiger partial charge in [-0.2, -0.15) is 0 Å². The molecular formula is C17H18BrN3O2. The Morgan fingerprint density at radius 1 is 1.30 bits per heavy atom. The summed E-state index contributed by atoms with van der Waals surface area (Å²) in [6.07, 6.45) is 1.48. The summed E-state index contributed by atoms with van der Waals surface area (Å²) in [5.74, 6) is 0. The van der Waals surface area contributed by atoms with E-state index in [-0.39, 0.29) is 16.8 Å². The van der Waals surface area contributed by atoms with Crippen molar-refractivity contribution in [3.63, 3.8) is 0 Å². The Morgan fingerprint density at radius 3 is 2.74 bits per heavy atom. The number of benzene rings is 2. The zero-order valence-corrected chi connectivity index (χ0v) is 14.2. The summed E-state index contributed by atoms with van der Waals surface area (Å²) in [5.41, 5.74) is 9.74. The van der Waals surface area contributed by atoms with E-state index < -0.39 is 0 Å². The van der Waals surface area contributed by atoms with Gasteiger partial charge < -0.3 is 5.73 Å². The van der Waals surface area contributed by atoms with E-state index in [1.165, 1.54) is 5.56 Å². The van der Waals surface area contributed by atoms with Crippen LogP contribution in [0.25, 0.3) is 0 Å². The van der Waals surface area contributed by atoms with Crippen molar-refractivity contribution in [3.05, 3.63) is 73.7 Å². The van der Waals surface area contributed by atoms with Gasteiger partial charge in [0.25, 0.3) is 5.69 Å². The first-order valence-electron chi connectivity index (χ1n) is 7.56. The summed E-state index contributed by atoms with van der Waals surface area (Å²) < 4.78 is 0.721. The number of nitrogens with zero attached hydrogens (tertiary/aromatic N) is 2. The molecule has 0 amide bonds. The van der Waals surface area contributed by atoms with Crippen LogP contribution in [0.5, 0.6) is 0 Å². The Labute approximate surface area is 143 Å². The summed E-state index contributed by atoms with van der Waals surface area (Å²) in [6, 6.07) is 13.5. The molecule has 5 nitrogen and oxygen atoms in total. The second-order valence-corrected chi connectivity index (χ2v) is 6.58. The SMILES string of the molecule is NC1c2c(Br)cc([N+](=O)[O-])cc2CCN1CCc1ccccc1. The molecule has 0 aliphatic carbocycles. The fraction of sp³-hybridized carbons (Fsp3) is 0.294. The van der Waals surface area contributed by atoms with Crippen LogP contribution in [0.4, 0.5) is 5.69 Å². The minimum atomic E-state index is -0.363. The van der Waals surface area contributed by atoms with E-state index in [0.29, 0.717) is 0 Å². The van der Waals surface area contributed by atoms with Crippen LogP contribution in [0.15, 0.2) is 46.9 Å². The predicted octanol–water partition coefficient (Wildman–Crippen LogP) is 3.42. The average Bonchev–Trinajstić information content (AvgIpc) is 2.54. The van der Waals surface area contributed by atoms with Crippen LogP contribution < -0.4 is 5.73 Å². The molecule has 2 N–H and O–H groups in total. The van der Waals surface area contributed by atoms with Crippen LogP contribution in [0.1, 0.15) is 22.9 Å². The number of non-ortho nitro benzene ring substituents is 1. The molecule has 1 unspecified atom stereocenters. The van der Waals surface area contributed by atoms with E-state index in [2.05, 4.69) is 33.0 Å². The Kier molecular flexibility index (Phi) is 4.75. The summed E-state index contributed by atoms with van der Waals surface area (Å²) in [5, 5.41) is 11.0. The van der Waals surface area contributed by atoms with Gasteiger partial charge >= 0.3 is 0 Å². The van der Waals surface area contributed by atoms with Gasteiger partial charge in [-0.05, 0) is 24.0 Å². The van der Waals surface area contributed by atoms with E-state index in [0.717, 1.165) is 41.5 Å². The van der Waals surface area contributed by atoms with Crippen molar-refractivity contribution in [1.82, 2.24) is 4.90 Å². The summed E-state index contributed by atoms with van der Waals surface area (Å²) >= 11 is 3.45. The lowest BCUT2D eigenvalue weighted by Gasteiger charge is -2.35. The lowest BCUT2D eigenvalue weighted by Crippen LogP contribution is -2.41. The first-order chi connectivity index (χ1) is 11.1. The fourth-order valence-electron chi connectivity index (χ4n) is 3.06. The molecule has 0 fully saturated rings. The highest BCUT2D eigenvalue weighted by molar-refractivity contribution is 9.10. The normalized spacial score (nSPS) is 17.7. The van der Waals surface area contributed by atoms with E-state index >= 15 is 0 Å². The molecule has 120 valence electrons. The first kappa shape index (κ1) is 16.1. The molecule has 2 aromatic carbocycles. The van der Waals surface area contributed by atoms with Crippen molar-refractivity contribution >= 4 is 21.6 Å². The van der Waals surface area contributed by atoms with Crippen molar-refractivity contribution < 1.29 is 4.92 Å². The van der Waals surface area contributed by atoms with Crippen molar-refractivity contribution in [1.29, 1.82) is 0 Å². The molecule has 0 spiro atoms. The second-order valence-electron chi connectivity index (χ2n) is 5.72. The van der Waals surface area contributed by atoms with Crippen LogP contribution in [0.2, 0.25) is 0 Å². The summed E-state index contributed by atoms with van der Waals surface area (Å²) in [4.78, 5) is 12.9. The van der Waals surface area contributed by atoms with E-state index in [1.807, 2.05) is 18.2 Å². The molecule has 0 saturated carbocycles. The highest BCUT2D eigenvalue weighted by Crippen LogP contribution is 2.35. The molecule has 0 saturated heterocycles. The van der Waals surface area contributed by atoms with Gasteiger partial charge in [0.15, 0.2) is 0 Å². The van der Waals surface area contributed by atoms with Crippen molar-refractivity contribution in [3.8, 4) is 0 Å². The van der Waals surface area contributed by atoms with Crippen LogP contribution in [0, 0.1) is 10.1 Å². The summed E-state index contributed by atoms with van der Waals surface area (Å²) in [7, 11) is 0. The second kappa shape index (κ2) is 6.78. The van der Waals surface area contributed by atoms with Crippen LogP contribution in [0.3, 0.4) is 0 Å². The number of fused-ring (bicyclic) bond motifs is 1. The minimum absolute atomic E-state index is 0.112. The van der Waals surface area contributed by atoms with Crippen LogP contribution in [-0.4, -0.2) is 22.9 Å². The zero-order chi connectivity index (χ0) is 16.4. The lowest BCUT2D eigenvalue weighted by molar-refractivity contribution is -0.385. The molecule has 1 heterocycles. The maximum atomic E-state index is 11.0. The third-order valence-corrected chi connectivity index (χ3v) is 4.95. The molecule has 0 aromatic heterocycles. The van der Waals surface area contributed by atoms with Gasteiger partial charge in [0.1, 0.15) is 0 Å². The molecule has 1 atom stereocenters. The van der Waals surface area contributed by atoms with Gasteiger partial charge in [-0.15, -0.1) is 0 Å². The van der Waals surface area contributed by atoms with Gasteiger partial charge in [-0.3, -0.25) is 15.0 Å². The van der Waals surface area contributed by atoms with Gasteiger partial charge in [-0.25, -0.2) is 0 Å². The number of hydrogen-bond donors (Lipinski definition) is 1. The fourth-order valence-corrected chi connectivity index (χ4v) is 3.78. The maximum absolute atomic E-state index is 11.0. The predicted molar refractivity (Wildman–Crippen MR) is 93.1 cm³/mol. The lowest BCUT2D eigenvalue weighted by atomic mass is 9.96. The van der Waals surface area contributed by atoms with Crippen LogP contribution in [-0.2, 0) is 12.8 Å². The maximum Gasteiger partial charge on any atom is 0.270 e. The Bertz CT molecular complexity index is 721. The smallest absolute Gasteiger partial charge is 0.270 e. The molecule has 0 radical (unpaired) electrons. The molecule has 0 bridgehead atoms. The Hall–Kier alpha value is -1.76. The van der Waals surface area contributed by atoms with Crippen molar-refractivity contribution in [2.24, 2.45) is 5.73 Å². The topological polar surface area (TPSA) is 72.4 Å². The number of nitro groups is 1. The summed E-state index contributed by atoms with van der Waals surface area (Å²) in [6.45, 7) is 1.68. The molecule has 6 heteroatoms. The third kappa shape index (κ3) is 3.44. The molecular weight excluding hydrogens is 358 g/mol. The number of hydrogen-bond acceptors (Lipinski definition) is 4. The third-order valence-electron chi connectivity index (χ3n) is 4.30.